The van der Waals surface area contributed by atoms with Crippen molar-refractivity contribution < 1.29 is 14.6 Å². The number of rotatable bonds is 3. The summed E-state index contributed by atoms with van der Waals surface area (Å²) in [5, 5.41) is 14.2. The van der Waals surface area contributed by atoms with Crippen LogP contribution < -0.4 is 10.1 Å². The summed E-state index contributed by atoms with van der Waals surface area (Å²) in [6, 6.07) is 13.5. The van der Waals surface area contributed by atoms with Gasteiger partial charge in [0.1, 0.15) is 17.9 Å². The van der Waals surface area contributed by atoms with E-state index in [2.05, 4.69) is 11.4 Å². The summed E-state index contributed by atoms with van der Waals surface area (Å²) in [6.07, 6.45) is 0.421. The Morgan fingerprint density at radius 2 is 2.00 bits per heavy atom. The second kappa shape index (κ2) is 4.90. The lowest BCUT2D eigenvalue weighted by atomic mass is 10.1. The molecule has 0 amide bonds. The summed E-state index contributed by atoms with van der Waals surface area (Å²) in [5.41, 5.74) is 0. The quantitative estimate of drug-likeness (QED) is 0.883. The van der Waals surface area contributed by atoms with Gasteiger partial charge in [-0.1, -0.05) is 30.3 Å². The second-order valence-electron chi connectivity index (χ2n) is 4.78. The molecule has 2 aromatic carbocycles. The van der Waals surface area contributed by atoms with Crippen molar-refractivity contribution in [3.8, 4) is 5.75 Å². The minimum Gasteiger partial charge on any atom is -0.489 e. The third kappa shape index (κ3) is 2.53. The Labute approximate surface area is 111 Å². The summed E-state index contributed by atoms with van der Waals surface area (Å²) >= 11 is 0. The number of carbonyl (C=O) groups is 1. The molecule has 0 radical (unpaired) electrons. The van der Waals surface area contributed by atoms with Crippen LogP contribution in [-0.4, -0.2) is 29.8 Å². The molecule has 0 saturated carbocycles. The zero-order valence-corrected chi connectivity index (χ0v) is 10.4. The van der Waals surface area contributed by atoms with Crippen molar-refractivity contribution in [3.63, 3.8) is 0 Å². The molecule has 0 spiro atoms. The molecule has 0 aliphatic carbocycles. The summed E-state index contributed by atoms with van der Waals surface area (Å²) in [4.78, 5) is 10.9. The average molecular weight is 257 g/mol. The Hall–Kier alpha value is -2.07. The van der Waals surface area contributed by atoms with Crippen LogP contribution >= 0.6 is 0 Å². The zero-order chi connectivity index (χ0) is 13.2. The van der Waals surface area contributed by atoms with Gasteiger partial charge in [-0.25, -0.2) is 0 Å². The van der Waals surface area contributed by atoms with E-state index in [1.54, 1.807) is 0 Å². The summed E-state index contributed by atoms with van der Waals surface area (Å²) in [5.74, 6) is -0.0267. The molecule has 1 heterocycles. The van der Waals surface area contributed by atoms with Crippen LogP contribution in [0.5, 0.6) is 5.75 Å². The smallest absolute Gasteiger partial charge is 0.320 e. The number of fused-ring (bicyclic) bond motifs is 1. The molecule has 1 aliphatic rings. The van der Waals surface area contributed by atoms with Gasteiger partial charge in [-0.15, -0.1) is 0 Å². The van der Waals surface area contributed by atoms with Gasteiger partial charge in [-0.2, -0.15) is 0 Å². The molecule has 19 heavy (non-hydrogen) atoms. The highest BCUT2D eigenvalue weighted by atomic mass is 16.5. The summed E-state index contributed by atoms with van der Waals surface area (Å²) in [7, 11) is 0. The van der Waals surface area contributed by atoms with E-state index in [9.17, 15) is 4.79 Å². The molecule has 1 fully saturated rings. The average Bonchev–Trinajstić information content (AvgIpc) is 2.87. The maximum Gasteiger partial charge on any atom is 0.320 e. The van der Waals surface area contributed by atoms with E-state index in [1.165, 1.54) is 5.39 Å². The Kier molecular flexibility index (Phi) is 3.09. The number of aliphatic carboxylic acids is 1. The number of nitrogens with one attached hydrogen (secondary N) is 1. The lowest BCUT2D eigenvalue weighted by molar-refractivity contribution is -0.139. The van der Waals surface area contributed by atoms with Crippen LogP contribution in [0.25, 0.3) is 10.8 Å². The van der Waals surface area contributed by atoms with Crippen LogP contribution in [0.2, 0.25) is 0 Å². The number of carboxylic acids is 1. The molecule has 98 valence electrons. The second-order valence-corrected chi connectivity index (χ2v) is 4.78. The maximum atomic E-state index is 10.9. The van der Waals surface area contributed by atoms with E-state index in [0.29, 0.717) is 13.0 Å². The Morgan fingerprint density at radius 1 is 1.21 bits per heavy atom. The molecule has 2 aromatic rings. The Morgan fingerprint density at radius 3 is 2.74 bits per heavy atom. The third-order valence-electron chi connectivity index (χ3n) is 3.41. The normalized spacial score (nSPS) is 22.5. The predicted molar refractivity (Wildman–Crippen MR) is 72.4 cm³/mol. The maximum absolute atomic E-state index is 10.9. The summed E-state index contributed by atoms with van der Waals surface area (Å²) < 4.78 is 5.84. The lowest BCUT2D eigenvalue weighted by Gasteiger charge is -2.13. The largest absolute Gasteiger partial charge is 0.489 e. The van der Waals surface area contributed by atoms with Gasteiger partial charge in [0.25, 0.3) is 0 Å². The zero-order valence-electron chi connectivity index (χ0n) is 10.4. The van der Waals surface area contributed by atoms with E-state index in [0.717, 1.165) is 11.1 Å². The van der Waals surface area contributed by atoms with Crippen molar-refractivity contribution in [1.29, 1.82) is 0 Å². The van der Waals surface area contributed by atoms with Crippen molar-refractivity contribution >= 4 is 16.7 Å². The van der Waals surface area contributed by atoms with E-state index >= 15 is 0 Å². The third-order valence-corrected chi connectivity index (χ3v) is 3.41. The first-order chi connectivity index (χ1) is 9.22. The van der Waals surface area contributed by atoms with Gasteiger partial charge in [0, 0.05) is 13.0 Å². The molecule has 2 N–H and O–H groups in total. The van der Waals surface area contributed by atoms with Crippen LogP contribution in [-0.2, 0) is 4.79 Å². The highest BCUT2D eigenvalue weighted by Crippen LogP contribution is 2.23. The van der Waals surface area contributed by atoms with Crippen molar-refractivity contribution in [2.24, 2.45) is 0 Å². The van der Waals surface area contributed by atoms with Gasteiger partial charge in [-0.05, 0) is 22.9 Å². The van der Waals surface area contributed by atoms with Gasteiger partial charge >= 0.3 is 5.97 Å². The van der Waals surface area contributed by atoms with Crippen molar-refractivity contribution in [2.75, 3.05) is 6.54 Å². The topological polar surface area (TPSA) is 58.6 Å². The van der Waals surface area contributed by atoms with Gasteiger partial charge < -0.3 is 15.2 Å². The van der Waals surface area contributed by atoms with E-state index in [4.69, 9.17) is 9.84 Å². The monoisotopic (exact) mass is 257 g/mol. The number of benzene rings is 2. The molecule has 0 aromatic heterocycles. The lowest BCUT2D eigenvalue weighted by Crippen LogP contribution is -2.30. The molecule has 3 rings (SSSR count). The first kappa shape index (κ1) is 12.0. The fraction of sp³-hybridized carbons (Fsp3) is 0.267. The van der Waals surface area contributed by atoms with Crippen LogP contribution in [0.3, 0.4) is 0 Å². The van der Waals surface area contributed by atoms with Gasteiger partial charge in [0.15, 0.2) is 0 Å². The Balaban J connectivity index is 1.73. The highest BCUT2D eigenvalue weighted by Gasteiger charge is 2.30. The van der Waals surface area contributed by atoms with Crippen molar-refractivity contribution in [3.05, 3.63) is 42.5 Å². The minimum absolute atomic E-state index is 0.0812. The molecule has 2 atom stereocenters. The van der Waals surface area contributed by atoms with E-state index < -0.39 is 12.0 Å². The number of carboxylic acid groups (broad SMARTS) is 1. The van der Waals surface area contributed by atoms with Gasteiger partial charge in [0.05, 0.1) is 0 Å². The van der Waals surface area contributed by atoms with E-state index in [1.807, 2.05) is 36.4 Å². The first-order valence-corrected chi connectivity index (χ1v) is 6.34. The van der Waals surface area contributed by atoms with Gasteiger partial charge in [0.2, 0.25) is 0 Å². The highest BCUT2D eigenvalue weighted by molar-refractivity contribution is 5.83. The van der Waals surface area contributed by atoms with Crippen LogP contribution in [0.15, 0.2) is 42.5 Å². The fourth-order valence-electron chi connectivity index (χ4n) is 2.41. The first-order valence-electron chi connectivity index (χ1n) is 6.34. The molecule has 4 heteroatoms. The van der Waals surface area contributed by atoms with Gasteiger partial charge in [-0.3, -0.25) is 4.79 Å². The SMILES string of the molecule is O=C(O)C1CC(Oc2ccc3ccccc3c2)CN1. The summed E-state index contributed by atoms with van der Waals surface area (Å²) in [6.45, 7) is 0.573. The molecule has 4 nitrogen and oxygen atoms in total. The molecule has 0 bridgehead atoms. The fourth-order valence-corrected chi connectivity index (χ4v) is 2.41. The molecule has 2 unspecified atom stereocenters. The number of hydrogen-bond donors (Lipinski definition) is 2. The van der Waals surface area contributed by atoms with Crippen LogP contribution in [0.1, 0.15) is 6.42 Å². The molecule has 1 saturated heterocycles. The Bertz CT molecular complexity index is 611. The molecular weight excluding hydrogens is 242 g/mol. The van der Waals surface area contributed by atoms with Crippen molar-refractivity contribution in [1.82, 2.24) is 5.32 Å². The van der Waals surface area contributed by atoms with Crippen molar-refractivity contribution in [2.45, 2.75) is 18.6 Å². The molecule has 1 aliphatic heterocycles. The standard InChI is InChI=1S/C15H15NO3/c17-15(18)14-8-13(9-16-14)19-12-6-5-10-3-1-2-4-11(10)7-12/h1-7,13-14,16H,8-9H2,(H,17,18). The van der Waals surface area contributed by atoms with E-state index in [-0.39, 0.29) is 6.10 Å². The minimum atomic E-state index is -0.815. The predicted octanol–water partition coefficient (Wildman–Crippen LogP) is 2.03. The molecular formula is C15H15NO3. The number of hydrogen-bond acceptors (Lipinski definition) is 3. The van der Waals surface area contributed by atoms with Crippen LogP contribution in [0.4, 0.5) is 0 Å². The number of ether oxygens (including phenoxy) is 1. The van der Waals surface area contributed by atoms with Crippen LogP contribution in [0, 0.1) is 0 Å².